The number of ether oxygens (including phenoxy) is 1. The number of carbonyl (C=O) groups is 2. The third-order valence-corrected chi connectivity index (χ3v) is 5.86. The number of imide groups is 1. The van der Waals surface area contributed by atoms with Crippen LogP contribution in [0.4, 0.5) is 5.69 Å². The minimum absolute atomic E-state index is 0.0512. The van der Waals surface area contributed by atoms with Crippen molar-refractivity contribution in [2.75, 3.05) is 11.4 Å². The highest BCUT2D eigenvalue weighted by Gasteiger charge is 2.43. The second kappa shape index (κ2) is 8.54. The molecule has 2 aromatic carbocycles. The number of para-hydroxylation sites is 1. The molecule has 0 saturated heterocycles. The Morgan fingerprint density at radius 1 is 0.939 bits per heavy atom. The van der Waals surface area contributed by atoms with E-state index in [1.54, 1.807) is 6.20 Å². The van der Waals surface area contributed by atoms with Crippen LogP contribution >= 0.6 is 0 Å². The topological polar surface area (TPSA) is 62.7 Å². The molecule has 3 heterocycles. The first kappa shape index (κ1) is 20.9. The number of nitrogens with zero attached hydrogens (tertiary/aromatic N) is 3. The van der Waals surface area contributed by atoms with E-state index in [4.69, 9.17) is 4.74 Å². The molecule has 0 bridgehead atoms. The Morgan fingerprint density at radius 3 is 2.42 bits per heavy atom. The largest absolute Gasteiger partial charge is 0.491 e. The predicted molar refractivity (Wildman–Crippen MR) is 126 cm³/mol. The average molecular weight is 440 g/mol. The zero-order valence-electron chi connectivity index (χ0n) is 18.7. The molecule has 6 nitrogen and oxygen atoms in total. The van der Waals surface area contributed by atoms with Crippen LogP contribution in [0, 0.1) is 0 Å². The highest BCUT2D eigenvalue weighted by Crippen LogP contribution is 2.39. The Balaban J connectivity index is 1.57. The number of fused-ring (bicyclic) bond motifs is 1. The van der Waals surface area contributed by atoms with Crippen molar-refractivity contribution >= 4 is 23.1 Å². The van der Waals surface area contributed by atoms with Gasteiger partial charge in [-0.05, 0) is 61.7 Å². The molecule has 0 radical (unpaired) electrons. The van der Waals surface area contributed by atoms with E-state index in [-0.39, 0.29) is 24.5 Å². The lowest BCUT2D eigenvalue weighted by Crippen LogP contribution is -2.34. The van der Waals surface area contributed by atoms with Gasteiger partial charge in [0.25, 0.3) is 11.8 Å². The molecule has 2 amide bonds. The van der Waals surface area contributed by atoms with Gasteiger partial charge in [0, 0.05) is 18.4 Å². The van der Waals surface area contributed by atoms with Gasteiger partial charge in [0.1, 0.15) is 11.4 Å². The fraction of sp³-hybridized carbons (Fsp3) is 0.222. The van der Waals surface area contributed by atoms with Crippen LogP contribution in [0.25, 0.3) is 5.57 Å². The van der Waals surface area contributed by atoms with Crippen molar-refractivity contribution < 1.29 is 14.3 Å². The Kier molecular flexibility index (Phi) is 5.42. The standard InChI is InChI=1S/C27H25N3O3/c1-18(2)33-22-12-10-20(11-13-22)24-25(29-16-14-19-7-3-4-9-23(19)29)27(32)30(26(24)31)17-21-8-5-6-15-28-21/h3-13,15,18H,14,16-17H2,1-2H3. The number of hydrogen-bond donors (Lipinski definition) is 0. The maximum Gasteiger partial charge on any atom is 0.278 e. The monoisotopic (exact) mass is 439 g/mol. The zero-order valence-corrected chi connectivity index (χ0v) is 18.7. The first-order chi connectivity index (χ1) is 16.0. The number of rotatable bonds is 6. The van der Waals surface area contributed by atoms with Gasteiger partial charge in [-0.2, -0.15) is 0 Å². The molecular formula is C27H25N3O3. The molecule has 2 aliphatic heterocycles. The molecule has 3 aromatic rings. The molecule has 6 heteroatoms. The number of carbonyl (C=O) groups excluding carboxylic acids is 2. The van der Waals surface area contributed by atoms with Crippen molar-refractivity contribution in [3.05, 3.63) is 95.4 Å². The fourth-order valence-electron chi connectivity index (χ4n) is 4.41. The highest BCUT2D eigenvalue weighted by atomic mass is 16.5. The lowest BCUT2D eigenvalue weighted by Gasteiger charge is -2.21. The predicted octanol–water partition coefficient (Wildman–Crippen LogP) is 4.21. The number of pyridine rings is 1. The lowest BCUT2D eigenvalue weighted by molar-refractivity contribution is -0.137. The average Bonchev–Trinajstić information content (AvgIpc) is 3.34. The van der Waals surface area contributed by atoms with Crippen LogP contribution in [-0.4, -0.2) is 34.3 Å². The van der Waals surface area contributed by atoms with E-state index >= 15 is 0 Å². The SMILES string of the molecule is CC(C)Oc1ccc(C2=C(N3CCc4ccccc43)C(=O)N(Cc3ccccn3)C2=O)cc1. The summed E-state index contributed by atoms with van der Waals surface area (Å²) in [6.45, 7) is 4.72. The number of hydrogen-bond acceptors (Lipinski definition) is 5. The Morgan fingerprint density at radius 2 is 1.70 bits per heavy atom. The van der Waals surface area contributed by atoms with E-state index < -0.39 is 0 Å². The summed E-state index contributed by atoms with van der Waals surface area (Å²) < 4.78 is 5.76. The number of anilines is 1. The first-order valence-electron chi connectivity index (χ1n) is 11.2. The van der Waals surface area contributed by atoms with Gasteiger partial charge in [-0.25, -0.2) is 0 Å². The molecular weight excluding hydrogens is 414 g/mol. The molecule has 0 fully saturated rings. The van der Waals surface area contributed by atoms with Gasteiger partial charge in [-0.15, -0.1) is 0 Å². The second-order valence-electron chi connectivity index (χ2n) is 8.46. The number of benzene rings is 2. The molecule has 2 aliphatic rings. The van der Waals surface area contributed by atoms with Crippen molar-refractivity contribution in [3.8, 4) is 5.75 Å². The summed E-state index contributed by atoms with van der Waals surface area (Å²) in [4.78, 5) is 34.9. The van der Waals surface area contributed by atoms with E-state index in [9.17, 15) is 9.59 Å². The van der Waals surface area contributed by atoms with Crippen molar-refractivity contribution in [1.29, 1.82) is 0 Å². The maximum absolute atomic E-state index is 13.7. The molecule has 33 heavy (non-hydrogen) atoms. The summed E-state index contributed by atoms with van der Waals surface area (Å²) in [5.41, 5.74) is 4.37. The highest BCUT2D eigenvalue weighted by molar-refractivity contribution is 6.36. The van der Waals surface area contributed by atoms with E-state index in [1.807, 2.05) is 79.4 Å². The third kappa shape index (κ3) is 3.89. The van der Waals surface area contributed by atoms with Gasteiger partial charge in [0.15, 0.2) is 0 Å². The molecule has 0 atom stereocenters. The van der Waals surface area contributed by atoms with Gasteiger partial charge in [-0.1, -0.05) is 36.4 Å². The van der Waals surface area contributed by atoms with Crippen LogP contribution in [-0.2, 0) is 22.6 Å². The van der Waals surface area contributed by atoms with Crippen LogP contribution in [0.5, 0.6) is 5.75 Å². The quantitative estimate of drug-likeness (QED) is 0.539. The molecule has 0 aliphatic carbocycles. The minimum Gasteiger partial charge on any atom is -0.491 e. The summed E-state index contributed by atoms with van der Waals surface area (Å²) in [6, 6.07) is 20.9. The summed E-state index contributed by atoms with van der Waals surface area (Å²) in [6.07, 6.45) is 2.55. The Hall–Kier alpha value is -3.93. The van der Waals surface area contributed by atoms with Crippen LogP contribution in [0.3, 0.4) is 0 Å². The fourth-order valence-corrected chi connectivity index (χ4v) is 4.41. The summed E-state index contributed by atoms with van der Waals surface area (Å²) in [5.74, 6) is 0.131. The maximum atomic E-state index is 13.7. The normalized spacial score (nSPS) is 15.6. The van der Waals surface area contributed by atoms with E-state index in [0.717, 1.165) is 17.9 Å². The summed E-state index contributed by atoms with van der Waals surface area (Å²) in [5, 5.41) is 0. The van der Waals surface area contributed by atoms with E-state index in [2.05, 4.69) is 11.1 Å². The lowest BCUT2D eigenvalue weighted by atomic mass is 10.0. The zero-order chi connectivity index (χ0) is 22.9. The third-order valence-electron chi connectivity index (χ3n) is 5.86. The molecule has 0 spiro atoms. The second-order valence-corrected chi connectivity index (χ2v) is 8.46. The number of aromatic nitrogens is 1. The smallest absolute Gasteiger partial charge is 0.278 e. The van der Waals surface area contributed by atoms with Crippen molar-refractivity contribution in [2.24, 2.45) is 0 Å². The van der Waals surface area contributed by atoms with Crippen molar-refractivity contribution in [1.82, 2.24) is 9.88 Å². The molecule has 0 N–H and O–H groups in total. The summed E-state index contributed by atoms with van der Waals surface area (Å²) >= 11 is 0. The minimum atomic E-state index is -0.303. The van der Waals surface area contributed by atoms with Crippen LogP contribution in [0.1, 0.15) is 30.7 Å². The van der Waals surface area contributed by atoms with E-state index in [0.29, 0.717) is 29.1 Å². The molecule has 1 aromatic heterocycles. The molecule has 5 rings (SSSR count). The van der Waals surface area contributed by atoms with Gasteiger partial charge in [0.2, 0.25) is 0 Å². The number of amides is 2. The van der Waals surface area contributed by atoms with Crippen LogP contribution in [0.2, 0.25) is 0 Å². The first-order valence-corrected chi connectivity index (χ1v) is 11.2. The van der Waals surface area contributed by atoms with Gasteiger partial charge in [-0.3, -0.25) is 19.5 Å². The molecule has 166 valence electrons. The molecule has 0 saturated carbocycles. The van der Waals surface area contributed by atoms with Gasteiger partial charge >= 0.3 is 0 Å². The summed E-state index contributed by atoms with van der Waals surface area (Å²) in [7, 11) is 0. The van der Waals surface area contributed by atoms with E-state index in [1.165, 1.54) is 10.5 Å². The van der Waals surface area contributed by atoms with Crippen LogP contribution < -0.4 is 9.64 Å². The molecule has 0 unspecified atom stereocenters. The van der Waals surface area contributed by atoms with Crippen molar-refractivity contribution in [2.45, 2.75) is 32.9 Å². The van der Waals surface area contributed by atoms with Gasteiger partial charge in [0.05, 0.1) is 23.9 Å². The van der Waals surface area contributed by atoms with Crippen molar-refractivity contribution in [3.63, 3.8) is 0 Å². The van der Waals surface area contributed by atoms with Crippen LogP contribution in [0.15, 0.2) is 78.6 Å². The van der Waals surface area contributed by atoms with Gasteiger partial charge < -0.3 is 9.64 Å². The Labute approximate surface area is 193 Å². The Bertz CT molecular complexity index is 1230.